The third-order valence-electron chi connectivity index (χ3n) is 4.64. The highest BCUT2D eigenvalue weighted by atomic mass is 16.5. The molecule has 0 amide bonds. The van der Waals surface area contributed by atoms with E-state index in [9.17, 15) is 9.59 Å². The quantitative estimate of drug-likeness (QED) is 0.825. The van der Waals surface area contributed by atoms with Crippen molar-refractivity contribution >= 4 is 22.7 Å². The van der Waals surface area contributed by atoms with Crippen molar-refractivity contribution in [1.82, 2.24) is 4.98 Å². The van der Waals surface area contributed by atoms with Crippen LogP contribution in [0.1, 0.15) is 44.1 Å². The number of benzene rings is 1. The maximum Gasteiger partial charge on any atom is 0.310 e. The van der Waals surface area contributed by atoms with Gasteiger partial charge in [-0.2, -0.15) is 0 Å². The first kappa shape index (κ1) is 15.8. The van der Waals surface area contributed by atoms with Crippen LogP contribution in [0.3, 0.4) is 0 Å². The molecule has 4 nitrogen and oxygen atoms in total. The summed E-state index contributed by atoms with van der Waals surface area (Å²) < 4.78 is 5.17. The first-order valence-electron chi connectivity index (χ1n) is 8.44. The number of esters is 1. The standard InChI is InChI=1S/C19H23NO3/c21-16(10-14-6-2-1-3-7-14)13-23-19(22)11-15-12-20-18-9-5-4-8-17(15)18/h4-5,8-9,12,14,20H,1-3,6-7,10-11,13H2. The number of H-pyrrole nitrogens is 1. The van der Waals surface area contributed by atoms with Crippen LogP contribution in [0.2, 0.25) is 0 Å². The van der Waals surface area contributed by atoms with Gasteiger partial charge < -0.3 is 9.72 Å². The molecular weight excluding hydrogens is 290 g/mol. The zero-order chi connectivity index (χ0) is 16.1. The van der Waals surface area contributed by atoms with Gasteiger partial charge in [-0.05, 0) is 17.5 Å². The highest BCUT2D eigenvalue weighted by molar-refractivity contribution is 5.88. The van der Waals surface area contributed by atoms with Crippen LogP contribution in [0.25, 0.3) is 10.9 Å². The lowest BCUT2D eigenvalue weighted by Crippen LogP contribution is -2.19. The van der Waals surface area contributed by atoms with Crippen LogP contribution in [-0.4, -0.2) is 23.3 Å². The topological polar surface area (TPSA) is 59.2 Å². The van der Waals surface area contributed by atoms with Gasteiger partial charge in [0, 0.05) is 23.5 Å². The van der Waals surface area contributed by atoms with Gasteiger partial charge in [-0.1, -0.05) is 50.3 Å². The molecule has 4 heteroatoms. The van der Waals surface area contributed by atoms with E-state index in [1.165, 1.54) is 19.3 Å². The van der Waals surface area contributed by atoms with Crippen LogP contribution in [0.5, 0.6) is 0 Å². The summed E-state index contributed by atoms with van der Waals surface area (Å²) >= 11 is 0. The predicted octanol–water partition coefficient (Wildman–Crippen LogP) is 3.79. The van der Waals surface area contributed by atoms with E-state index in [1.54, 1.807) is 0 Å². The molecule has 0 radical (unpaired) electrons. The molecular formula is C19H23NO3. The van der Waals surface area contributed by atoms with Gasteiger partial charge in [-0.3, -0.25) is 9.59 Å². The lowest BCUT2D eigenvalue weighted by molar-refractivity contribution is -0.147. The summed E-state index contributed by atoms with van der Waals surface area (Å²) in [6, 6.07) is 7.84. The van der Waals surface area contributed by atoms with E-state index in [0.29, 0.717) is 12.3 Å². The summed E-state index contributed by atoms with van der Waals surface area (Å²) in [4.78, 5) is 27.0. The maximum absolute atomic E-state index is 12.0. The minimum absolute atomic E-state index is 0.0455. The van der Waals surface area contributed by atoms with Crippen molar-refractivity contribution in [3.8, 4) is 0 Å². The Morgan fingerprint density at radius 1 is 1.13 bits per heavy atom. The highest BCUT2D eigenvalue weighted by Gasteiger charge is 2.18. The first-order valence-corrected chi connectivity index (χ1v) is 8.44. The fourth-order valence-electron chi connectivity index (χ4n) is 3.42. The van der Waals surface area contributed by atoms with Gasteiger partial charge in [0.1, 0.15) is 6.61 Å². The van der Waals surface area contributed by atoms with Crippen LogP contribution < -0.4 is 0 Å². The summed E-state index contributed by atoms with van der Waals surface area (Å²) in [5.74, 6) is 0.194. The molecule has 1 fully saturated rings. The largest absolute Gasteiger partial charge is 0.457 e. The summed E-state index contributed by atoms with van der Waals surface area (Å²) in [5, 5.41) is 1.03. The lowest BCUT2D eigenvalue weighted by Gasteiger charge is -2.20. The number of rotatable bonds is 6. The van der Waals surface area contributed by atoms with E-state index in [4.69, 9.17) is 4.74 Å². The number of carbonyl (C=O) groups excluding carboxylic acids is 2. The normalized spacial score (nSPS) is 15.7. The minimum atomic E-state index is -0.341. The fraction of sp³-hybridized carbons (Fsp3) is 0.474. The molecule has 1 heterocycles. The SMILES string of the molecule is O=C(COC(=O)Cc1c[nH]c2ccccc12)CC1CCCCC1. The van der Waals surface area contributed by atoms with Crippen molar-refractivity contribution in [2.75, 3.05) is 6.61 Å². The molecule has 0 bridgehead atoms. The summed E-state index contributed by atoms with van der Waals surface area (Å²) in [7, 11) is 0. The second kappa shape index (κ2) is 7.44. The number of aromatic nitrogens is 1. The third-order valence-corrected chi connectivity index (χ3v) is 4.64. The molecule has 0 aliphatic heterocycles. The van der Waals surface area contributed by atoms with Crippen LogP contribution in [-0.2, 0) is 20.7 Å². The number of ketones is 1. The van der Waals surface area contributed by atoms with E-state index in [0.717, 1.165) is 29.3 Å². The third kappa shape index (κ3) is 4.21. The molecule has 3 rings (SSSR count). The fourth-order valence-corrected chi connectivity index (χ4v) is 3.42. The van der Waals surface area contributed by atoms with Crippen molar-refractivity contribution in [2.45, 2.75) is 44.9 Å². The van der Waals surface area contributed by atoms with Crippen LogP contribution >= 0.6 is 0 Å². The number of ether oxygens (including phenoxy) is 1. The van der Waals surface area contributed by atoms with Crippen LogP contribution in [0, 0.1) is 5.92 Å². The van der Waals surface area contributed by atoms with Crippen molar-refractivity contribution < 1.29 is 14.3 Å². The smallest absolute Gasteiger partial charge is 0.310 e. The number of nitrogens with one attached hydrogen (secondary N) is 1. The molecule has 1 aliphatic rings. The number of para-hydroxylation sites is 1. The molecule has 23 heavy (non-hydrogen) atoms. The van der Waals surface area contributed by atoms with E-state index < -0.39 is 0 Å². The van der Waals surface area contributed by atoms with E-state index in [1.807, 2.05) is 30.5 Å². The average molecular weight is 313 g/mol. The highest BCUT2D eigenvalue weighted by Crippen LogP contribution is 2.26. The summed E-state index contributed by atoms with van der Waals surface area (Å²) in [6.45, 7) is -0.0856. The van der Waals surface area contributed by atoms with Gasteiger partial charge in [-0.15, -0.1) is 0 Å². The molecule has 1 aromatic carbocycles. The molecule has 2 aromatic rings. The summed E-state index contributed by atoms with van der Waals surface area (Å²) in [6.07, 6.45) is 8.57. The number of fused-ring (bicyclic) bond motifs is 1. The molecule has 0 atom stereocenters. The Morgan fingerprint density at radius 2 is 1.91 bits per heavy atom. The van der Waals surface area contributed by atoms with Crippen LogP contribution in [0.4, 0.5) is 0 Å². The van der Waals surface area contributed by atoms with Crippen molar-refractivity contribution in [2.24, 2.45) is 5.92 Å². The van der Waals surface area contributed by atoms with Crippen LogP contribution in [0.15, 0.2) is 30.5 Å². The number of carbonyl (C=O) groups is 2. The van der Waals surface area contributed by atoms with Gasteiger partial charge in [0.15, 0.2) is 5.78 Å². The molecule has 0 saturated heterocycles. The van der Waals surface area contributed by atoms with E-state index in [2.05, 4.69) is 4.98 Å². The van der Waals surface area contributed by atoms with Gasteiger partial charge in [0.05, 0.1) is 6.42 Å². The first-order chi connectivity index (χ1) is 11.2. The Hall–Kier alpha value is -2.10. The monoisotopic (exact) mass is 313 g/mol. The Balaban J connectivity index is 1.46. The number of aromatic amines is 1. The average Bonchev–Trinajstić information content (AvgIpc) is 2.97. The lowest BCUT2D eigenvalue weighted by atomic mass is 9.86. The molecule has 1 N–H and O–H groups in total. The zero-order valence-corrected chi connectivity index (χ0v) is 13.3. The number of hydrogen-bond acceptors (Lipinski definition) is 3. The number of Topliss-reactive ketones (excluding diaryl/α,β-unsaturated/α-hetero) is 1. The minimum Gasteiger partial charge on any atom is -0.457 e. The molecule has 1 aromatic heterocycles. The number of hydrogen-bond donors (Lipinski definition) is 1. The maximum atomic E-state index is 12.0. The molecule has 1 saturated carbocycles. The second-order valence-electron chi connectivity index (χ2n) is 6.44. The van der Waals surface area contributed by atoms with Crippen molar-refractivity contribution in [3.05, 3.63) is 36.0 Å². The molecule has 0 spiro atoms. The second-order valence-corrected chi connectivity index (χ2v) is 6.44. The molecule has 1 aliphatic carbocycles. The zero-order valence-electron chi connectivity index (χ0n) is 13.3. The van der Waals surface area contributed by atoms with E-state index in [-0.39, 0.29) is 24.8 Å². The van der Waals surface area contributed by atoms with Gasteiger partial charge >= 0.3 is 5.97 Å². The Labute approximate surface area is 136 Å². The molecule has 0 unspecified atom stereocenters. The van der Waals surface area contributed by atoms with Gasteiger partial charge in [0.2, 0.25) is 0 Å². The Kier molecular flexibility index (Phi) is 5.11. The molecule has 122 valence electrons. The Morgan fingerprint density at radius 3 is 2.74 bits per heavy atom. The van der Waals surface area contributed by atoms with Crippen molar-refractivity contribution in [1.29, 1.82) is 0 Å². The van der Waals surface area contributed by atoms with Gasteiger partial charge in [-0.25, -0.2) is 0 Å². The Bertz CT molecular complexity index is 683. The van der Waals surface area contributed by atoms with Crippen molar-refractivity contribution in [3.63, 3.8) is 0 Å². The predicted molar refractivity (Wildman–Crippen MR) is 89.2 cm³/mol. The van der Waals surface area contributed by atoms with E-state index >= 15 is 0 Å². The summed E-state index contributed by atoms with van der Waals surface area (Å²) in [5.41, 5.74) is 1.91. The van der Waals surface area contributed by atoms with Gasteiger partial charge in [0.25, 0.3) is 0 Å².